The maximum Gasteiger partial charge on any atom is 0.125 e. The second-order valence-electron chi connectivity index (χ2n) is 3.10. The molecule has 0 radical (unpaired) electrons. The smallest absolute Gasteiger partial charge is 0.125 e. The predicted molar refractivity (Wildman–Crippen MR) is 50.0 cm³/mol. The lowest BCUT2D eigenvalue weighted by atomic mass is 10.1. The van der Waals surface area contributed by atoms with Crippen molar-refractivity contribution in [3.05, 3.63) is 23.8 Å². The van der Waals surface area contributed by atoms with E-state index in [4.69, 9.17) is 0 Å². The molecular formula is C10H16N2. The number of nitrogens with zero attached hydrogens (tertiary/aromatic N) is 2. The van der Waals surface area contributed by atoms with E-state index < -0.39 is 0 Å². The van der Waals surface area contributed by atoms with E-state index in [1.165, 1.54) is 24.8 Å². The minimum absolute atomic E-state index is 0.856. The number of rotatable bonds is 4. The second kappa shape index (κ2) is 4.86. The van der Waals surface area contributed by atoms with Gasteiger partial charge in [-0.25, -0.2) is 9.97 Å². The molecule has 1 rings (SSSR count). The van der Waals surface area contributed by atoms with Crippen molar-refractivity contribution in [2.45, 2.75) is 39.5 Å². The highest BCUT2D eigenvalue weighted by molar-refractivity contribution is 5.04. The molecule has 0 aromatic carbocycles. The van der Waals surface area contributed by atoms with E-state index in [0.29, 0.717) is 0 Å². The minimum Gasteiger partial charge on any atom is -0.241 e. The number of hydrogen-bond donors (Lipinski definition) is 0. The van der Waals surface area contributed by atoms with Gasteiger partial charge in [-0.15, -0.1) is 0 Å². The van der Waals surface area contributed by atoms with Gasteiger partial charge in [-0.05, 0) is 25.3 Å². The predicted octanol–water partition coefficient (Wildman–Crippen LogP) is 2.52. The molecule has 0 spiro atoms. The maximum absolute atomic E-state index is 4.15. The Kier molecular flexibility index (Phi) is 3.71. The van der Waals surface area contributed by atoms with Crippen molar-refractivity contribution in [2.75, 3.05) is 0 Å². The number of hydrogen-bond acceptors (Lipinski definition) is 2. The van der Waals surface area contributed by atoms with Crippen LogP contribution < -0.4 is 0 Å². The van der Waals surface area contributed by atoms with Crippen LogP contribution in [0.25, 0.3) is 0 Å². The Morgan fingerprint density at radius 2 is 1.83 bits per heavy atom. The van der Waals surface area contributed by atoms with Crippen molar-refractivity contribution in [1.82, 2.24) is 9.97 Å². The zero-order valence-corrected chi connectivity index (χ0v) is 7.88. The maximum atomic E-state index is 4.15. The van der Waals surface area contributed by atoms with Crippen LogP contribution in [0.1, 0.15) is 37.6 Å². The van der Waals surface area contributed by atoms with Gasteiger partial charge in [-0.3, -0.25) is 0 Å². The highest BCUT2D eigenvalue weighted by Gasteiger charge is 1.93. The van der Waals surface area contributed by atoms with E-state index in [-0.39, 0.29) is 0 Å². The summed E-state index contributed by atoms with van der Waals surface area (Å²) in [7, 11) is 0. The van der Waals surface area contributed by atoms with Crippen LogP contribution in [-0.4, -0.2) is 9.97 Å². The van der Waals surface area contributed by atoms with Crippen molar-refractivity contribution >= 4 is 0 Å². The van der Waals surface area contributed by atoms with Gasteiger partial charge in [0, 0.05) is 12.4 Å². The fourth-order valence-corrected chi connectivity index (χ4v) is 1.13. The number of aromatic nitrogens is 2. The van der Waals surface area contributed by atoms with Gasteiger partial charge >= 0.3 is 0 Å². The normalized spacial score (nSPS) is 10.2. The molecule has 0 bridgehead atoms. The molecule has 66 valence electrons. The Morgan fingerprint density at radius 3 is 2.42 bits per heavy atom. The lowest BCUT2D eigenvalue weighted by molar-refractivity contribution is 0.713. The molecule has 0 fully saturated rings. The monoisotopic (exact) mass is 164 g/mol. The summed E-state index contributed by atoms with van der Waals surface area (Å²) in [6, 6.07) is 0. The van der Waals surface area contributed by atoms with Gasteiger partial charge in [0.1, 0.15) is 5.82 Å². The zero-order chi connectivity index (χ0) is 8.81. The molecule has 1 aromatic rings. The first-order valence-electron chi connectivity index (χ1n) is 4.60. The summed E-state index contributed by atoms with van der Waals surface area (Å²) in [5.41, 5.74) is 1.26. The van der Waals surface area contributed by atoms with E-state index in [1.54, 1.807) is 0 Å². The standard InChI is InChI=1S/C10H16N2/c1-3-4-5-6-10-7-11-9(2)12-8-10/h7-8H,3-6H2,1-2H3. The van der Waals surface area contributed by atoms with Gasteiger partial charge in [0.15, 0.2) is 0 Å². The molecule has 0 aliphatic heterocycles. The van der Waals surface area contributed by atoms with Crippen LogP contribution in [0.5, 0.6) is 0 Å². The highest BCUT2D eigenvalue weighted by Crippen LogP contribution is 2.03. The van der Waals surface area contributed by atoms with E-state index in [1.807, 2.05) is 19.3 Å². The van der Waals surface area contributed by atoms with Crippen LogP contribution in [0.2, 0.25) is 0 Å². The zero-order valence-electron chi connectivity index (χ0n) is 7.88. The third-order valence-electron chi connectivity index (χ3n) is 1.90. The summed E-state index contributed by atoms with van der Waals surface area (Å²) < 4.78 is 0. The van der Waals surface area contributed by atoms with Crippen LogP contribution >= 0.6 is 0 Å². The lowest BCUT2D eigenvalue weighted by Gasteiger charge is -1.98. The molecular weight excluding hydrogens is 148 g/mol. The average Bonchev–Trinajstić information content (AvgIpc) is 2.09. The first-order chi connectivity index (χ1) is 5.83. The molecule has 0 aliphatic rings. The van der Waals surface area contributed by atoms with Gasteiger partial charge in [-0.2, -0.15) is 0 Å². The molecule has 0 saturated heterocycles. The largest absolute Gasteiger partial charge is 0.241 e. The first-order valence-corrected chi connectivity index (χ1v) is 4.60. The molecule has 0 aliphatic carbocycles. The fraction of sp³-hybridized carbons (Fsp3) is 0.600. The van der Waals surface area contributed by atoms with Crippen LogP contribution in [0.15, 0.2) is 12.4 Å². The Balaban J connectivity index is 2.37. The van der Waals surface area contributed by atoms with Crippen molar-refractivity contribution in [3.63, 3.8) is 0 Å². The van der Waals surface area contributed by atoms with Gasteiger partial charge in [0.2, 0.25) is 0 Å². The SMILES string of the molecule is CCCCCc1cnc(C)nc1. The van der Waals surface area contributed by atoms with E-state index >= 15 is 0 Å². The third kappa shape index (κ3) is 2.99. The molecule has 1 heterocycles. The summed E-state index contributed by atoms with van der Waals surface area (Å²) >= 11 is 0. The highest BCUT2D eigenvalue weighted by atomic mass is 14.8. The van der Waals surface area contributed by atoms with Gasteiger partial charge in [0.05, 0.1) is 0 Å². The van der Waals surface area contributed by atoms with Crippen molar-refractivity contribution in [3.8, 4) is 0 Å². The van der Waals surface area contributed by atoms with Crippen LogP contribution in [0, 0.1) is 6.92 Å². The van der Waals surface area contributed by atoms with Gasteiger partial charge < -0.3 is 0 Å². The molecule has 2 heteroatoms. The average molecular weight is 164 g/mol. The van der Waals surface area contributed by atoms with Gasteiger partial charge in [-0.1, -0.05) is 19.8 Å². The van der Waals surface area contributed by atoms with Gasteiger partial charge in [0.25, 0.3) is 0 Å². The minimum atomic E-state index is 0.856. The second-order valence-corrected chi connectivity index (χ2v) is 3.10. The van der Waals surface area contributed by atoms with E-state index in [2.05, 4.69) is 16.9 Å². The Morgan fingerprint density at radius 1 is 1.17 bits per heavy atom. The van der Waals surface area contributed by atoms with Crippen LogP contribution in [-0.2, 0) is 6.42 Å². The van der Waals surface area contributed by atoms with Crippen LogP contribution in [0.3, 0.4) is 0 Å². The molecule has 0 N–H and O–H groups in total. The van der Waals surface area contributed by atoms with Crippen molar-refractivity contribution in [1.29, 1.82) is 0 Å². The Bertz CT molecular complexity index is 216. The topological polar surface area (TPSA) is 25.8 Å². The summed E-state index contributed by atoms with van der Waals surface area (Å²) in [5, 5.41) is 0. The molecule has 1 aromatic heterocycles. The Labute approximate surface area is 74.1 Å². The quantitative estimate of drug-likeness (QED) is 0.639. The molecule has 0 saturated carbocycles. The molecule has 12 heavy (non-hydrogen) atoms. The van der Waals surface area contributed by atoms with Crippen LogP contribution in [0.4, 0.5) is 0 Å². The Hall–Kier alpha value is -0.920. The van der Waals surface area contributed by atoms with Crippen molar-refractivity contribution in [2.24, 2.45) is 0 Å². The molecule has 2 nitrogen and oxygen atoms in total. The number of unbranched alkanes of at least 4 members (excludes halogenated alkanes) is 2. The summed E-state index contributed by atoms with van der Waals surface area (Å²) in [6.45, 7) is 4.13. The van der Waals surface area contributed by atoms with E-state index in [0.717, 1.165) is 12.2 Å². The fourth-order valence-electron chi connectivity index (χ4n) is 1.13. The first kappa shape index (κ1) is 9.17. The summed E-state index contributed by atoms with van der Waals surface area (Å²) in [4.78, 5) is 8.29. The summed E-state index contributed by atoms with van der Waals surface area (Å²) in [5.74, 6) is 0.856. The molecule has 0 unspecified atom stereocenters. The molecule has 0 atom stereocenters. The lowest BCUT2D eigenvalue weighted by Crippen LogP contribution is -1.91. The number of aryl methyl sites for hydroxylation is 2. The van der Waals surface area contributed by atoms with Crippen molar-refractivity contribution < 1.29 is 0 Å². The van der Waals surface area contributed by atoms with E-state index in [9.17, 15) is 0 Å². The molecule has 0 amide bonds. The summed E-state index contributed by atoms with van der Waals surface area (Å²) in [6.07, 6.45) is 8.80. The third-order valence-corrected chi connectivity index (χ3v) is 1.90.